The van der Waals surface area contributed by atoms with E-state index in [0.717, 1.165) is 22.5 Å². The van der Waals surface area contributed by atoms with Crippen molar-refractivity contribution in [3.63, 3.8) is 0 Å². The molecule has 2 aliphatic heterocycles. The Kier molecular flexibility index (Phi) is 3.80. The Morgan fingerprint density at radius 1 is 1.10 bits per heavy atom. The number of amides is 1. The molecule has 5 rings (SSSR count). The van der Waals surface area contributed by atoms with Gasteiger partial charge in [-0.15, -0.1) is 0 Å². The predicted octanol–water partition coefficient (Wildman–Crippen LogP) is 3.36. The minimum absolute atomic E-state index is 0.118. The molecular weight excluding hydrogens is 368 g/mol. The van der Waals surface area contributed by atoms with Crippen LogP contribution in [0.5, 0.6) is 0 Å². The van der Waals surface area contributed by atoms with Crippen LogP contribution in [0.1, 0.15) is 33.0 Å². The SMILES string of the molecule is O=C(O)c1ccnc2[nH]cc(C3C(=O)Nc4c(C5=CC=CC=CN5)cccc43)c12. The molecule has 7 nitrogen and oxygen atoms in total. The average Bonchev–Trinajstić information content (AvgIpc) is 3.16. The van der Waals surface area contributed by atoms with Gasteiger partial charge in [-0.05, 0) is 29.3 Å². The lowest BCUT2D eigenvalue weighted by Crippen LogP contribution is -2.14. The summed E-state index contributed by atoms with van der Waals surface area (Å²) >= 11 is 0. The van der Waals surface area contributed by atoms with Gasteiger partial charge in [0.05, 0.1) is 17.2 Å². The van der Waals surface area contributed by atoms with Crippen LogP contribution in [0.3, 0.4) is 0 Å². The normalized spacial score (nSPS) is 17.4. The van der Waals surface area contributed by atoms with Crippen LogP contribution >= 0.6 is 0 Å². The number of rotatable bonds is 3. The third-order valence-electron chi connectivity index (χ3n) is 5.17. The van der Waals surface area contributed by atoms with Crippen LogP contribution in [0.25, 0.3) is 16.7 Å². The van der Waals surface area contributed by atoms with Crippen LogP contribution in [-0.2, 0) is 4.79 Å². The van der Waals surface area contributed by atoms with E-state index in [2.05, 4.69) is 20.6 Å². The summed E-state index contributed by atoms with van der Waals surface area (Å²) in [6.07, 6.45) is 12.6. The first-order valence-electron chi connectivity index (χ1n) is 9.08. The fourth-order valence-electron chi connectivity index (χ4n) is 3.93. The maximum Gasteiger partial charge on any atom is 0.336 e. The molecule has 4 N–H and O–H groups in total. The van der Waals surface area contributed by atoms with Crippen molar-refractivity contribution in [1.82, 2.24) is 15.3 Å². The lowest BCUT2D eigenvalue weighted by Gasteiger charge is -2.12. The number of aromatic nitrogens is 2. The number of allylic oxidation sites excluding steroid dienone is 4. The fourth-order valence-corrected chi connectivity index (χ4v) is 3.93. The third kappa shape index (κ3) is 2.63. The maximum atomic E-state index is 13.0. The van der Waals surface area contributed by atoms with E-state index in [0.29, 0.717) is 16.6 Å². The largest absolute Gasteiger partial charge is 0.478 e. The van der Waals surface area contributed by atoms with Crippen molar-refractivity contribution >= 4 is 34.3 Å². The number of fused-ring (bicyclic) bond motifs is 2. The van der Waals surface area contributed by atoms with Crippen molar-refractivity contribution in [2.45, 2.75) is 5.92 Å². The number of benzene rings is 1. The number of nitrogens with zero attached hydrogens (tertiary/aromatic N) is 1. The summed E-state index contributed by atoms with van der Waals surface area (Å²) in [5, 5.41) is 16.3. The van der Waals surface area contributed by atoms with E-state index >= 15 is 0 Å². The summed E-state index contributed by atoms with van der Waals surface area (Å²) in [7, 11) is 0. The Morgan fingerprint density at radius 3 is 2.86 bits per heavy atom. The number of hydrogen-bond donors (Lipinski definition) is 4. The van der Waals surface area contributed by atoms with E-state index in [1.54, 1.807) is 6.20 Å². The Bertz CT molecular complexity index is 1270. The molecule has 1 amide bonds. The van der Waals surface area contributed by atoms with Crippen molar-refractivity contribution in [3.05, 3.63) is 89.4 Å². The van der Waals surface area contributed by atoms with E-state index in [1.165, 1.54) is 12.3 Å². The zero-order chi connectivity index (χ0) is 20.0. The van der Waals surface area contributed by atoms with Crippen LogP contribution in [0.15, 0.2) is 67.2 Å². The van der Waals surface area contributed by atoms with Gasteiger partial charge in [-0.3, -0.25) is 4.79 Å². The van der Waals surface area contributed by atoms with Gasteiger partial charge >= 0.3 is 5.97 Å². The highest BCUT2D eigenvalue weighted by atomic mass is 16.4. The van der Waals surface area contributed by atoms with Crippen LogP contribution < -0.4 is 10.6 Å². The topological polar surface area (TPSA) is 107 Å². The van der Waals surface area contributed by atoms with E-state index in [-0.39, 0.29) is 11.5 Å². The molecule has 0 saturated carbocycles. The molecule has 3 aromatic rings. The molecule has 0 bridgehead atoms. The van der Waals surface area contributed by atoms with Gasteiger partial charge in [-0.1, -0.05) is 30.4 Å². The van der Waals surface area contributed by atoms with Crippen LogP contribution in [0.4, 0.5) is 5.69 Å². The lowest BCUT2D eigenvalue weighted by molar-refractivity contribution is -0.116. The smallest absolute Gasteiger partial charge is 0.336 e. The summed E-state index contributed by atoms with van der Waals surface area (Å²) in [4.78, 5) is 31.9. The quantitative estimate of drug-likeness (QED) is 0.554. The van der Waals surface area contributed by atoms with E-state index < -0.39 is 11.9 Å². The summed E-state index contributed by atoms with van der Waals surface area (Å²) in [5.74, 6) is -1.88. The Labute approximate surface area is 165 Å². The highest BCUT2D eigenvalue weighted by Crippen LogP contribution is 2.43. The van der Waals surface area contributed by atoms with E-state index in [1.807, 2.05) is 48.7 Å². The van der Waals surface area contributed by atoms with Gasteiger partial charge in [-0.2, -0.15) is 0 Å². The summed E-state index contributed by atoms with van der Waals surface area (Å²) in [6.45, 7) is 0. The first-order chi connectivity index (χ1) is 14.1. The predicted molar refractivity (Wildman–Crippen MR) is 109 cm³/mol. The molecule has 1 unspecified atom stereocenters. The second-order valence-electron chi connectivity index (χ2n) is 6.79. The molecule has 4 heterocycles. The number of hydrogen-bond acceptors (Lipinski definition) is 4. The number of nitrogens with one attached hydrogen (secondary N) is 3. The number of carbonyl (C=O) groups is 2. The summed E-state index contributed by atoms with van der Waals surface area (Å²) in [5.41, 5.74) is 4.41. The number of carbonyl (C=O) groups excluding carboxylic acids is 1. The zero-order valence-electron chi connectivity index (χ0n) is 15.1. The van der Waals surface area contributed by atoms with Crippen molar-refractivity contribution < 1.29 is 14.7 Å². The second kappa shape index (κ2) is 6.49. The molecule has 2 aliphatic rings. The molecule has 1 atom stereocenters. The molecule has 142 valence electrons. The number of aromatic amines is 1. The Morgan fingerprint density at radius 2 is 2.00 bits per heavy atom. The second-order valence-corrected chi connectivity index (χ2v) is 6.79. The van der Waals surface area contributed by atoms with Gasteiger partial charge in [0.2, 0.25) is 5.91 Å². The van der Waals surface area contributed by atoms with Crippen LogP contribution in [0, 0.1) is 0 Å². The number of H-pyrrole nitrogens is 1. The number of carboxylic acids is 1. The molecule has 0 spiro atoms. The van der Waals surface area contributed by atoms with Gasteiger partial charge in [-0.25, -0.2) is 9.78 Å². The molecule has 0 radical (unpaired) electrons. The number of carboxylic acid groups (broad SMARTS) is 1. The molecule has 2 aromatic heterocycles. The molecule has 1 aromatic carbocycles. The fraction of sp³-hybridized carbons (Fsp3) is 0.0455. The molecular formula is C22H16N4O3. The van der Waals surface area contributed by atoms with Crippen LogP contribution in [0.2, 0.25) is 0 Å². The monoisotopic (exact) mass is 384 g/mol. The van der Waals surface area contributed by atoms with E-state index in [4.69, 9.17) is 0 Å². The maximum absolute atomic E-state index is 13.0. The lowest BCUT2D eigenvalue weighted by atomic mass is 9.90. The molecule has 7 heteroatoms. The van der Waals surface area contributed by atoms with Gasteiger partial charge in [0.1, 0.15) is 5.65 Å². The Hall–Kier alpha value is -4.13. The minimum atomic E-state index is -1.06. The third-order valence-corrected chi connectivity index (χ3v) is 5.17. The van der Waals surface area contributed by atoms with Crippen molar-refractivity contribution in [2.24, 2.45) is 0 Å². The average molecular weight is 384 g/mol. The highest BCUT2D eigenvalue weighted by Gasteiger charge is 2.36. The van der Waals surface area contributed by atoms with E-state index in [9.17, 15) is 14.7 Å². The summed E-state index contributed by atoms with van der Waals surface area (Å²) in [6, 6.07) is 7.17. The van der Waals surface area contributed by atoms with Gasteiger partial charge in [0.25, 0.3) is 0 Å². The minimum Gasteiger partial charge on any atom is -0.478 e. The molecule has 0 aliphatic carbocycles. The molecule has 0 saturated heterocycles. The van der Waals surface area contributed by atoms with Crippen molar-refractivity contribution in [1.29, 1.82) is 0 Å². The van der Waals surface area contributed by atoms with Gasteiger partial charge < -0.3 is 20.7 Å². The Balaban J connectivity index is 1.69. The number of aromatic carboxylic acids is 1. The highest BCUT2D eigenvalue weighted by molar-refractivity contribution is 6.11. The van der Waals surface area contributed by atoms with Crippen LogP contribution in [-0.4, -0.2) is 27.0 Å². The number of anilines is 1. The first-order valence-corrected chi connectivity index (χ1v) is 9.08. The standard InChI is InChI=1S/C22H16N4O3/c27-21-18(15-11-25-20-17(15)14(22(28)29)8-10-24-20)13-6-4-5-12(19(13)26-21)16-7-2-1-3-9-23-16/h1-11,18,23H,(H,24,25)(H,26,27)(H,28,29). The van der Waals surface area contributed by atoms with Crippen molar-refractivity contribution in [2.75, 3.05) is 5.32 Å². The molecule has 29 heavy (non-hydrogen) atoms. The number of pyridine rings is 1. The summed E-state index contributed by atoms with van der Waals surface area (Å²) < 4.78 is 0. The van der Waals surface area contributed by atoms with Gasteiger partial charge in [0, 0.05) is 35.2 Å². The zero-order valence-corrected chi connectivity index (χ0v) is 15.1. The molecule has 0 fully saturated rings. The van der Waals surface area contributed by atoms with Crippen molar-refractivity contribution in [3.8, 4) is 0 Å². The first kappa shape index (κ1) is 17.0. The van der Waals surface area contributed by atoms with Gasteiger partial charge in [0.15, 0.2) is 0 Å². The number of para-hydroxylation sites is 1.